The van der Waals surface area contributed by atoms with Crippen LogP contribution in [0.3, 0.4) is 0 Å². The molecule has 1 atom stereocenters. The summed E-state index contributed by atoms with van der Waals surface area (Å²) < 4.78 is 1.14. The van der Waals surface area contributed by atoms with E-state index in [1.54, 1.807) is 6.92 Å². The fraction of sp³-hybridized carbons (Fsp3) is 0.400. The number of urea groups is 1. The number of unbranched alkanes of at least 4 members (excludes halogenated alkanes) is 1. The van der Waals surface area contributed by atoms with Crippen molar-refractivity contribution in [3.8, 4) is 0 Å². The lowest BCUT2D eigenvalue weighted by molar-refractivity contribution is -0.119. The Hall–Kier alpha value is -2.09. The van der Waals surface area contributed by atoms with E-state index in [2.05, 4.69) is 52.5 Å². The van der Waals surface area contributed by atoms with Gasteiger partial charge in [-0.25, -0.2) is 9.69 Å². The van der Waals surface area contributed by atoms with Crippen LogP contribution in [0.5, 0.6) is 0 Å². The summed E-state index contributed by atoms with van der Waals surface area (Å²) in [5.74, 6) is -0.248. The fourth-order valence-corrected chi connectivity index (χ4v) is 3.27. The molecule has 1 saturated heterocycles. The maximum atomic E-state index is 11.7. The summed E-state index contributed by atoms with van der Waals surface area (Å²) in [5.41, 5.74) is 1.68. The number of rotatable bonds is 4. The molecular weight excluding hydrogens is 541 g/mol. The Morgan fingerprint density at radius 3 is 2.00 bits per heavy atom. The highest BCUT2D eigenvalue weighted by molar-refractivity contribution is 9.10. The molecule has 0 aliphatic carbocycles. The van der Waals surface area contributed by atoms with E-state index < -0.39 is 12.1 Å². The molecule has 1 aliphatic rings. The molecule has 0 aromatic heterocycles. The molecule has 6 nitrogen and oxygen atoms in total. The zero-order valence-corrected chi connectivity index (χ0v) is 23.6. The molecule has 1 unspecified atom stereocenters. The second kappa shape index (κ2) is 17.4. The van der Waals surface area contributed by atoms with Crippen LogP contribution in [-0.4, -0.2) is 30.4 Å². The monoisotopic (exact) mass is 573 g/mol. The van der Waals surface area contributed by atoms with Gasteiger partial charge in [0.2, 0.25) is 5.91 Å². The molecule has 0 radical (unpaired) electrons. The van der Waals surface area contributed by atoms with E-state index >= 15 is 0 Å². The van der Waals surface area contributed by atoms with Crippen molar-refractivity contribution >= 4 is 62.7 Å². The van der Waals surface area contributed by atoms with Crippen LogP contribution in [-0.2, 0) is 9.59 Å². The molecule has 0 saturated carbocycles. The van der Waals surface area contributed by atoms with Gasteiger partial charge in [0.25, 0.3) is 5.91 Å². The van der Waals surface area contributed by atoms with Gasteiger partial charge in [0.05, 0.1) is 5.69 Å². The first-order chi connectivity index (χ1) is 16.0. The zero-order valence-electron chi connectivity index (χ0n) is 20.5. The summed E-state index contributed by atoms with van der Waals surface area (Å²) in [4.78, 5) is 34.5. The first-order valence-electron chi connectivity index (χ1n) is 11.1. The summed E-state index contributed by atoms with van der Waals surface area (Å²) in [6.45, 7) is 12.2. The van der Waals surface area contributed by atoms with Gasteiger partial charge in [-0.3, -0.25) is 9.59 Å². The molecule has 0 spiro atoms. The summed E-state index contributed by atoms with van der Waals surface area (Å²) in [6.07, 6.45) is 2.22. The number of amides is 4. The van der Waals surface area contributed by atoms with Gasteiger partial charge >= 0.3 is 6.03 Å². The first kappa shape index (κ1) is 31.9. The van der Waals surface area contributed by atoms with Crippen molar-refractivity contribution in [1.29, 1.82) is 0 Å². The van der Waals surface area contributed by atoms with Crippen LogP contribution in [0.25, 0.3) is 0 Å². The van der Waals surface area contributed by atoms with Gasteiger partial charge in [-0.1, -0.05) is 84.0 Å². The lowest BCUT2D eigenvalue weighted by Crippen LogP contribution is -2.30. The average molecular weight is 575 g/mol. The van der Waals surface area contributed by atoms with Crippen molar-refractivity contribution in [3.05, 3.63) is 62.5 Å². The fourth-order valence-electron chi connectivity index (χ4n) is 2.49. The van der Waals surface area contributed by atoms with Gasteiger partial charge in [-0.15, -0.1) is 0 Å². The van der Waals surface area contributed by atoms with Crippen molar-refractivity contribution in [3.63, 3.8) is 0 Å². The van der Waals surface area contributed by atoms with E-state index in [-0.39, 0.29) is 11.8 Å². The molecule has 0 bridgehead atoms. The molecule has 2 N–H and O–H groups in total. The Bertz CT molecular complexity index is 883. The molecule has 2 aromatic carbocycles. The summed E-state index contributed by atoms with van der Waals surface area (Å²) >= 11 is 15.0. The van der Waals surface area contributed by atoms with Gasteiger partial charge in [0.15, 0.2) is 0 Å². The SMILES string of the molecule is CC.CC1NC(=O)N(c2cc(Cl)cc(Cl)c2)C1=O.CCCCNC(C)=O.Cc1ccc(Br)cc1. The number of carbonyl (C=O) groups excluding carboxylic acids is 3. The largest absolute Gasteiger partial charge is 0.356 e. The number of imide groups is 1. The quantitative estimate of drug-likeness (QED) is 0.301. The molecule has 188 valence electrons. The van der Waals surface area contributed by atoms with Crippen molar-refractivity contribution < 1.29 is 14.4 Å². The van der Waals surface area contributed by atoms with E-state index in [0.29, 0.717) is 15.7 Å². The summed E-state index contributed by atoms with van der Waals surface area (Å²) in [5, 5.41) is 5.97. The molecular formula is C25H34BrCl2N3O3. The van der Waals surface area contributed by atoms with Crippen LogP contribution >= 0.6 is 39.1 Å². The van der Waals surface area contributed by atoms with Crippen molar-refractivity contribution in [2.24, 2.45) is 0 Å². The minimum absolute atomic E-state index is 0.0680. The third-order valence-electron chi connectivity index (χ3n) is 4.15. The van der Waals surface area contributed by atoms with E-state index in [1.807, 2.05) is 26.0 Å². The minimum Gasteiger partial charge on any atom is -0.356 e. The molecule has 1 heterocycles. The predicted octanol–water partition coefficient (Wildman–Crippen LogP) is 7.14. The Morgan fingerprint density at radius 1 is 1.09 bits per heavy atom. The third kappa shape index (κ3) is 12.4. The van der Waals surface area contributed by atoms with Gasteiger partial charge in [-0.2, -0.15) is 0 Å². The highest BCUT2D eigenvalue weighted by Crippen LogP contribution is 2.27. The van der Waals surface area contributed by atoms with Crippen LogP contribution in [0.15, 0.2) is 46.9 Å². The molecule has 9 heteroatoms. The summed E-state index contributed by atoms with van der Waals surface area (Å²) in [7, 11) is 0. The lowest BCUT2D eigenvalue weighted by atomic mass is 10.2. The number of nitrogens with zero attached hydrogens (tertiary/aromatic N) is 1. The first-order valence-corrected chi connectivity index (χ1v) is 12.7. The number of aryl methyl sites for hydroxylation is 1. The number of halogens is 3. The Labute approximate surface area is 221 Å². The maximum absolute atomic E-state index is 11.7. The van der Waals surface area contributed by atoms with E-state index in [0.717, 1.165) is 28.8 Å². The normalized spacial score (nSPS) is 13.9. The van der Waals surface area contributed by atoms with E-state index in [4.69, 9.17) is 23.2 Å². The number of carbonyl (C=O) groups is 3. The maximum Gasteiger partial charge on any atom is 0.329 e. The van der Waals surface area contributed by atoms with Crippen LogP contribution in [0, 0.1) is 6.92 Å². The van der Waals surface area contributed by atoms with Crippen molar-refractivity contribution in [2.45, 2.75) is 60.4 Å². The zero-order chi connectivity index (χ0) is 26.3. The number of hydrogen-bond donors (Lipinski definition) is 2. The average Bonchev–Trinajstić information content (AvgIpc) is 3.03. The molecule has 1 aliphatic heterocycles. The summed E-state index contributed by atoms with van der Waals surface area (Å²) in [6, 6.07) is 11.8. The number of nitrogens with one attached hydrogen (secondary N) is 2. The Balaban J connectivity index is 0.000000512. The topological polar surface area (TPSA) is 78.5 Å². The van der Waals surface area contributed by atoms with Crippen LogP contribution in [0.1, 0.15) is 53.0 Å². The van der Waals surface area contributed by atoms with E-state index in [1.165, 1.54) is 30.7 Å². The Kier molecular flexibility index (Phi) is 16.3. The van der Waals surface area contributed by atoms with Gasteiger partial charge in [0, 0.05) is 28.0 Å². The molecule has 3 rings (SSSR count). The molecule has 4 amide bonds. The Morgan fingerprint density at radius 2 is 1.62 bits per heavy atom. The van der Waals surface area contributed by atoms with Gasteiger partial charge < -0.3 is 10.6 Å². The molecule has 34 heavy (non-hydrogen) atoms. The minimum atomic E-state index is -0.523. The molecule has 1 fully saturated rings. The van der Waals surface area contributed by atoms with E-state index in [9.17, 15) is 14.4 Å². The number of benzene rings is 2. The highest BCUT2D eigenvalue weighted by Gasteiger charge is 2.36. The second-order valence-corrected chi connectivity index (χ2v) is 8.89. The van der Waals surface area contributed by atoms with Gasteiger partial charge in [0.1, 0.15) is 6.04 Å². The number of anilines is 1. The van der Waals surface area contributed by atoms with Crippen molar-refractivity contribution in [1.82, 2.24) is 10.6 Å². The molecule has 2 aromatic rings. The standard InChI is InChI=1S/C10H8Cl2N2O2.C7H7Br.C6H13NO.C2H6/c1-5-9(15)14(10(16)13-5)8-3-6(11)2-7(12)4-8;1-6-2-4-7(8)5-3-6;1-3-4-5-7-6(2)8;1-2/h2-5H,1H3,(H,13,16);2-5H,1H3;3-5H2,1-2H3,(H,7,8);1-2H3. The van der Waals surface area contributed by atoms with Crippen LogP contribution in [0.4, 0.5) is 10.5 Å². The van der Waals surface area contributed by atoms with Crippen molar-refractivity contribution in [2.75, 3.05) is 11.4 Å². The number of hydrogen-bond acceptors (Lipinski definition) is 3. The smallest absolute Gasteiger partial charge is 0.329 e. The predicted molar refractivity (Wildman–Crippen MR) is 146 cm³/mol. The van der Waals surface area contributed by atoms with Crippen LogP contribution < -0.4 is 15.5 Å². The highest BCUT2D eigenvalue weighted by atomic mass is 79.9. The van der Waals surface area contributed by atoms with Gasteiger partial charge in [-0.05, 0) is 50.6 Å². The third-order valence-corrected chi connectivity index (χ3v) is 5.12. The lowest BCUT2D eigenvalue weighted by Gasteiger charge is -2.13. The van der Waals surface area contributed by atoms with Crippen LogP contribution in [0.2, 0.25) is 10.0 Å². The second-order valence-electron chi connectivity index (χ2n) is 7.10.